The zero-order chi connectivity index (χ0) is 13.7. The first kappa shape index (κ1) is 16.3. The third-order valence-corrected chi connectivity index (χ3v) is 2.43. The fraction of sp³-hybridized carbons (Fsp3) is 0.900. The Morgan fingerprint density at radius 3 is 2.24 bits per heavy atom. The molecule has 1 atom stereocenters. The molecule has 2 N–H and O–H groups in total. The van der Waals surface area contributed by atoms with E-state index in [0.29, 0.717) is 6.54 Å². The van der Waals surface area contributed by atoms with E-state index in [0.717, 1.165) is 6.26 Å². The number of hydrogen-bond donors (Lipinski definition) is 2. The highest BCUT2D eigenvalue weighted by Gasteiger charge is 2.20. The molecule has 0 aromatic rings. The largest absolute Gasteiger partial charge is 0.459 e. The molecule has 0 aliphatic rings. The van der Waals surface area contributed by atoms with Crippen LogP contribution in [0.3, 0.4) is 0 Å². The molecule has 0 aromatic carbocycles. The summed E-state index contributed by atoms with van der Waals surface area (Å²) in [7, 11) is -3.18. The Morgan fingerprint density at radius 1 is 1.29 bits per heavy atom. The Balaban J connectivity index is 3.87. The van der Waals surface area contributed by atoms with Gasteiger partial charge in [-0.3, -0.25) is 4.79 Å². The second kappa shape index (κ2) is 6.32. The molecule has 0 aliphatic carbocycles. The lowest BCUT2D eigenvalue weighted by Crippen LogP contribution is -2.42. The minimum Gasteiger partial charge on any atom is -0.459 e. The maximum Gasteiger partial charge on any atom is 0.323 e. The minimum absolute atomic E-state index is 0.242. The maximum absolute atomic E-state index is 11.5. The van der Waals surface area contributed by atoms with Gasteiger partial charge in [-0.05, 0) is 27.7 Å². The summed E-state index contributed by atoms with van der Waals surface area (Å²) in [5, 5.41) is 2.88. The summed E-state index contributed by atoms with van der Waals surface area (Å²) >= 11 is 0. The Kier molecular flexibility index (Phi) is 6.08. The van der Waals surface area contributed by atoms with E-state index in [2.05, 4.69) is 10.0 Å². The first-order valence-corrected chi connectivity index (χ1v) is 7.31. The van der Waals surface area contributed by atoms with Gasteiger partial charge in [-0.15, -0.1) is 0 Å². The maximum atomic E-state index is 11.5. The highest BCUT2D eigenvalue weighted by atomic mass is 32.2. The third-order valence-electron chi connectivity index (χ3n) is 1.70. The summed E-state index contributed by atoms with van der Waals surface area (Å²) in [5.74, 6) is -0.350. The van der Waals surface area contributed by atoms with Gasteiger partial charge in [0.2, 0.25) is 10.0 Å². The topological polar surface area (TPSA) is 84.5 Å². The Labute approximate surface area is 103 Å². The average Bonchev–Trinajstić information content (AvgIpc) is 2.07. The first-order chi connectivity index (χ1) is 7.51. The van der Waals surface area contributed by atoms with E-state index in [4.69, 9.17) is 4.74 Å². The predicted molar refractivity (Wildman–Crippen MR) is 66.2 cm³/mol. The van der Waals surface area contributed by atoms with Crippen molar-refractivity contribution in [3.05, 3.63) is 0 Å². The molecule has 1 unspecified atom stereocenters. The molecule has 7 heteroatoms. The average molecular weight is 266 g/mol. The smallest absolute Gasteiger partial charge is 0.323 e. The second-order valence-corrected chi connectivity index (χ2v) is 6.71. The van der Waals surface area contributed by atoms with Crippen molar-refractivity contribution in [2.75, 3.05) is 19.3 Å². The summed E-state index contributed by atoms with van der Waals surface area (Å²) < 4.78 is 29.0. The molecule has 0 bridgehead atoms. The van der Waals surface area contributed by atoms with E-state index in [1.165, 1.54) is 0 Å². The van der Waals surface area contributed by atoms with Crippen LogP contribution in [0.5, 0.6) is 0 Å². The Hall–Kier alpha value is -0.660. The lowest BCUT2D eigenvalue weighted by molar-refractivity contribution is -0.156. The lowest BCUT2D eigenvalue weighted by atomic mass is 10.2. The number of nitrogens with one attached hydrogen (secondary N) is 2. The van der Waals surface area contributed by atoms with Crippen LogP contribution in [0.15, 0.2) is 0 Å². The van der Waals surface area contributed by atoms with Crippen molar-refractivity contribution in [2.24, 2.45) is 0 Å². The molecular weight excluding hydrogens is 244 g/mol. The van der Waals surface area contributed by atoms with Gasteiger partial charge < -0.3 is 10.1 Å². The molecule has 102 valence electrons. The van der Waals surface area contributed by atoms with Crippen molar-refractivity contribution in [1.29, 1.82) is 0 Å². The number of carbonyl (C=O) groups excluding carboxylic acids is 1. The SMILES string of the molecule is CC(NCCNS(C)(=O)=O)C(=O)OC(C)(C)C. The van der Waals surface area contributed by atoms with E-state index in [1.54, 1.807) is 27.7 Å². The first-order valence-electron chi connectivity index (χ1n) is 5.42. The van der Waals surface area contributed by atoms with Gasteiger partial charge in [0.05, 0.1) is 6.26 Å². The number of esters is 1. The van der Waals surface area contributed by atoms with Crippen LogP contribution >= 0.6 is 0 Å². The van der Waals surface area contributed by atoms with Crippen LogP contribution in [0.4, 0.5) is 0 Å². The molecular formula is C10H22N2O4S. The van der Waals surface area contributed by atoms with Crippen LogP contribution < -0.4 is 10.0 Å². The van der Waals surface area contributed by atoms with Gasteiger partial charge in [0.25, 0.3) is 0 Å². The van der Waals surface area contributed by atoms with E-state index in [9.17, 15) is 13.2 Å². The van der Waals surface area contributed by atoms with Crippen LogP contribution in [0.25, 0.3) is 0 Å². The lowest BCUT2D eigenvalue weighted by Gasteiger charge is -2.22. The summed E-state index contributed by atoms with van der Waals surface area (Å²) in [6, 6.07) is -0.462. The van der Waals surface area contributed by atoms with Gasteiger partial charge in [-0.2, -0.15) is 0 Å². The minimum atomic E-state index is -3.18. The van der Waals surface area contributed by atoms with Crippen molar-refractivity contribution < 1.29 is 17.9 Å². The molecule has 0 aliphatic heterocycles. The normalized spacial score (nSPS) is 14.4. The zero-order valence-corrected chi connectivity index (χ0v) is 11.8. The van der Waals surface area contributed by atoms with Gasteiger partial charge in [0.15, 0.2) is 0 Å². The van der Waals surface area contributed by atoms with Crippen molar-refractivity contribution >= 4 is 16.0 Å². The van der Waals surface area contributed by atoms with Gasteiger partial charge in [-0.25, -0.2) is 13.1 Å². The highest BCUT2D eigenvalue weighted by molar-refractivity contribution is 7.88. The highest BCUT2D eigenvalue weighted by Crippen LogP contribution is 2.07. The monoisotopic (exact) mass is 266 g/mol. The van der Waals surface area contributed by atoms with Crippen LogP contribution in [-0.4, -0.2) is 45.4 Å². The van der Waals surface area contributed by atoms with Gasteiger partial charge >= 0.3 is 5.97 Å². The van der Waals surface area contributed by atoms with E-state index in [1.807, 2.05) is 0 Å². The van der Waals surface area contributed by atoms with Crippen molar-refractivity contribution in [1.82, 2.24) is 10.0 Å². The van der Waals surface area contributed by atoms with Crippen LogP contribution in [0, 0.1) is 0 Å². The molecule has 0 aromatic heterocycles. The Morgan fingerprint density at radius 2 is 1.82 bits per heavy atom. The standard InChI is InChI=1S/C10H22N2O4S/c1-8(9(13)16-10(2,3)4)11-6-7-12-17(5,14)15/h8,11-12H,6-7H2,1-5H3. The van der Waals surface area contributed by atoms with E-state index < -0.39 is 21.7 Å². The zero-order valence-electron chi connectivity index (χ0n) is 11.0. The molecule has 17 heavy (non-hydrogen) atoms. The van der Waals surface area contributed by atoms with E-state index >= 15 is 0 Å². The molecule has 0 rings (SSSR count). The van der Waals surface area contributed by atoms with Crippen molar-refractivity contribution in [2.45, 2.75) is 39.3 Å². The second-order valence-electron chi connectivity index (χ2n) is 4.88. The number of hydrogen-bond acceptors (Lipinski definition) is 5. The fourth-order valence-electron chi connectivity index (χ4n) is 0.999. The number of ether oxygens (including phenoxy) is 1. The van der Waals surface area contributed by atoms with Crippen LogP contribution in [-0.2, 0) is 19.6 Å². The van der Waals surface area contributed by atoms with Gasteiger partial charge in [0.1, 0.15) is 11.6 Å². The van der Waals surface area contributed by atoms with E-state index in [-0.39, 0.29) is 12.5 Å². The number of sulfonamides is 1. The number of rotatable bonds is 6. The molecule has 0 amide bonds. The van der Waals surface area contributed by atoms with Gasteiger partial charge in [-0.1, -0.05) is 0 Å². The molecule has 0 radical (unpaired) electrons. The molecule has 0 saturated carbocycles. The molecule has 0 spiro atoms. The van der Waals surface area contributed by atoms with Crippen molar-refractivity contribution in [3.63, 3.8) is 0 Å². The summed E-state index contributed by atoms with van der Waals surface area (Å²) in [4.78, 5) is 11.5. The third kappa shape index (κ3) is 10.2. The Bertz CT molecular complexity index is 346. The summed E-state index contributed by atoms with van der Waals surface area (Å²) in [5.41, 5.74) is -0.516. The fourth-order valence-corrected chi connectivity index (χ4v) is 1.47. The summed E-state index contributed by atoms with van der Waals surface area (Å²) in [6.07, 6.45) is 1.09. The predicted octanol–water partition coefficient (Wildman–Crippen LogP) is -0.145. The van der Waals surface area contributed by atoms with Crippen molar-refractivity contribution in [3.8, 4) is 0 Å². The van der Waals surface area contributed by atoms with Gasteiger partial charge in [0, 0.05) is 13.1 Å². The van der Waals surface area contributed by atoms with Crippen LogP contribution in [0.1, 0.15) is 27.7 Å². The molecule has 0 saturated heterocycles. The molecule has 6 nitrogen and oxygen atoms in total. The molecule has 0 fully saturated rings. The van der Waals surface area contributed by atoms with Crippen LogP contribution in [0.2, 0.25) is 0 Å². The number of carbonyl (C=O) groups is 1. The quantitative estimate of drug-likeness (QED) is 0.516. The summed E-state index contributed by atoms with van der Waals surface area (Å²) in [6.45, 7) is 7.67. The molecule has 0 heterocycles.